The van der Waals surface area contributed by atoms with Gasteiger partial charge in [-0.25, -0.2) is 0 Å². The summed E-state index contributed by atoms with van der Waals surface area (Å²) in [5.74, 6) is 0.529. The smallest absolute Gasteiger partial charge is 0.0364 e. The van der Waals surface area contributed by atoms with Crippen molar-refractivity contribution >= 4 is 5.69 Å². The van der Waals surface area contributed by atoms with Gasteiger partial charge < -0.3 is 16.0 Å². The molecule has 0 fully saturated rings. The van der Waals surface area contributed by atoms with Crippen LogP contribution in [0.15, 0.2) is 24.3 Å². The molecule has 19 heavy (non-hydrogen) atoms. The van der Waals surface area contributed by atoms with Crippen molar-refractivity contribution in [3.05, 3.63) is 29.8 Å². The van der Waals surface area contributed by atoms with E-state index >= 15 is 0 Å². The van der Waals surface area contributed by atoms with Crippen LogP contribution in [0.3, 0.4) is 0 Å². The van der Waals surface area contributed by atoms with E-state index in [0.717, 1.165) is 31.9 Å². The van der Waals surface area contributed by atoms with Crippen LogP contribution in [-0.4, -0.2) is 31.1 Å². The number of nitrogens with one attached hydrogen (secondary N) is 1. The first-order valence-corrected chi connectivity index (χ1v) is 7.40. The molecule has 0 spiro atoms. The summed E-state index contributed by atoms with van der Waals surface area (Å²) in [5.41, 5.74) is 8.20. The van der Waals surface area contributed by atoms with Crippen LogP contribution in [0.1, 0.15) is 39.3 Å². The average Bonchev–Trinajstić information content (AvgIpc) is 2.40. The molecule has 1 aromatic carbocycles. The second-order valence-corrected chi connectivity index (χ2v) is 5.33. The third kappa shape index (κ3) is 4.84. The minimum Gasteiger partial charge on any atom is -0.398 e. The Labute approximate surface area is 118 Å². The SMILES string of the molecule is CCN(CC)CCNC(c1ccccc1N)C(C)C. The zero-order valence-corrected chi connectivity index (χ0v) is 12.8. The molecule has 1 atom stereocenters. The quantitative estimate of drug-likeness (QED) is 0.709. The van der Waals surface area contributed by atoms with Crippen molar-refractivity contribution in [2.45, 2.75) is 33.7 Å². The number of nitrogens with two attached hydrogens (primary N) is 1. The van der Waals surface area contributed by atoms with Crippen molar-refractivity contribution in [3.63, 3.8) is 0 Å². The summed E-state index contributed by atoms with van der Waals surface area (Å²) in [6, 6.07) is 8.50. The molecule has 3 N–H and O–H groups in total. The zero-order valence-electron chi connectivity index (χ0n) is 12.8. The number of hydrogen-bond acceptors (Lipinski definition) is 3. The van der Waals surface area contributed by atoms with Gasteiger partial charge in [0, 0.05) is 24.8 Å². The van der Waals surface area contributed by atoms with E-state index in [0.29, 0.717) is 12.0 Å². The van der Waals surface area contributed by atoms with E-state index in [-0.39, 0.29) is 0 Å². The standard InChI is InChI=1S/C16H29N3/c1-5-19(6-2)12-11-18-16(13(3)4)14-9-7-8-10-15(14)17/h7-10,13,16,18H,5-6,11-12,17H2,1-4H3. The van der Waals surface area contributed by atoms with Gasteiger partial charge in [-0.15, -0.1) is 0 Å². The van der Waals surface area contributed by atoms with E-state index in [1.165, 1.54) is 5.56 Å². The molecule has 108 valence electrons. The fourth-order valence-corrected chi connectivity index (χ4v) is 2.42. The Hall–Kier alpha value is -1.06. The van der Waals surface area contributed by atoms with E-state index in [9.17, 15) is 0 Å². The van der Waals surface area contributed by atoms with Crippen molar-refractivity contribution < 1.29 is 0 Å². The molecule has 0 aliphatic heterocycles. The molecule has 1 rings (SSSR count). The number of nitrogen functional groups attached to an aromatic ring is 1. The topological polar surface area (TPSA) is 41.3 Å². The van der Waals surface area contributed by atoms with E-state index < -0.39 is 0 Å². The van der Waals surface area contributed by atoms with Gasteiger partial charge in [-0.2, -0.15) is 0 Å². The molecule has 3 nitrogen and oxygen atoms in total. The molecule has 0 aliphatic rings. The molecule has 1 aromatic rings. The second-order valence-electron chi connectivity index (χ2n) is 5.33. The van der Waals surface area contributed by atoms with E-state index in [4.69, 9.17) is 5.73 Å². The highest BCUT2D eigenvalue weighted by atomic mass is 15.1. The number of rotatable bonds is 8. The summed E-state index contributed by atoms with van der Waals surface area (Å²) in [4.78, 5) is 2.43. The lowest BCUT2D eigenvalue weighted by molar-refractivity contribution is 0.288. The lowest BCUT2D eigenvalue weighted by Gasteiger charge is -2.26. The van der Waals surface area contributed by atoms with Gasteiger partial charge in [-0.05, 0) is 30.6 Å². The summed E-state index contributed by atoms with van der Waals surface area (Å²) in [5, 5.41) is 3.65. The van der Waals surface area contributed by atoms with Gasteiger partial charge in [0.25, 0.3) is 0 Å². The highest BCUT2D eigenvalue weighted by Crippen LogP contribution is 2.26. The fourth-order valence-electron chi connectivity index (χ4n) is 2.42. The number of anilines is 1. The highest BCUT2D eigenvalue weighted by molar-refractivity contribution is 5.48. The van der Waals surface area contributed by atoms with Crippen LogP contribution < -0.4 is 11.1 Å². The lowest BCUT2D eigenvalue weighted by Crippen LogP contribution is -2.35. The van der Waals surface area contributed by atoms with Crippen LogP contribution in [-0.2, 0) is 0 Å². The first kappa shape index (κ1) is 16.0. The van der Waals surface area contributed by atoms with Crippen LogP contribution in [0, 0.1) is 5.92 Å². The van der Waals surface area contributed by atoms with Gasteiger partial charge in [-0.1, -0.05) is 45.9 Å². The molecular weight excluding hydrogens is 234 g/mol. The predicted octanol–water partition coefficient (Wildman–Crippen LogP) is 2.90. The van der Waals surface area contributed by atoms with Crippen LogP contribution in [0.25, 0.3) is 0 Å². The van der Waals surface area contributed by atoms with Gasteiger partial charge in [0.1, 0.15) is 0 Å². The first-order chi connectivity index (χ1) is 9.10. The van der Waals surface area contributed by atoms with Gasteiger partial charge in [0.05, 0.1) is 0 Å². The molecule has 0 aliphatic carbocycles. The zero-order chi connectivity index (χ0) is 14.3. The van der Waals surface area contributed by atoms with E-state index in [1.807, 2.05) is 12.1 Å². The molecule has 0 saturated heterocycles. The molecular formula is C16H29N3. The third-order valence-electron chi connectivity index (χ3n) is 3.68. The number of likely N-dealkylation sites (N-methyl/N-ethyl adjacent to an activating group) is 1. The Morgan fingerprint density at radius 3 is 2.32 bits per heavy atom. The molecule has 0 radical (unpaired) electrons. The number of benzene rings is 1. The highest BCUT2D eigenvalue weighted by Gasteiger charge is 2.17. The molecule has 0 aromatic heterocycles. The van der Waals surface area contributed by atoms with Crippen molar-refractivity contribution in [1.29, 1.82) is 0 Å². The van der Waals surface area contributed by atoms with Crippen LogP contribution in [0.4, 0.5) is 5.69 Å². The molecule has 0 amide bonds. The summed E-state index contributed by atoms with van der Waals surface area (Å²) >= 11 is 0. The van der Waals surface area contributed by atoms with Gasteiger partial charge in [0.2, 0.25) is 0 Å². The minimum absolute atomic E-state index is 0.330. The second kappa shape index (κ2) is 8.18. The van der Waals surface area contributed by atoms with Crippen molar-refractivity contribution in [3.8, 4) is 0 Å². The molecule has 1 unspecified atom stereocenters. The number of nitrogens with zero attached hydrogens (tertiary/aromatic N) is 1. The molecule has 0 saturated carbocycles. The Kier molecular flexibility index (Phi) is 6.89. The lowest BCUT2D eigenvalue weighted by atomic mass is 9.94. The maximum absolute atomic E-state index is 6.09. The van der Waals surface area contributed by atoms with Gasteiger partial charge in [-0.3, -0.25) is 0 Å². The minimum atomic E-state index is 0.330. The Bertz CT molecular complexity index is 359. The van der Waals surface area contributed by atoms with Crippen molar-refractivity contribution in [1.82, 2.24) is 10.2 Å². The Balaban J connectivity index is 2.62. The van der Waals surface area contributed by atoms with Gasteiger partial charge >= 0.3 is 0 Å². The summed E-state index contributed by atoms with van der Waals surface area (Å²) in [6.07, 6.45) is 0. The van der Waals surface area contributed by atoms with Crippen LogP contribution in [0.2, 0.25) is 0 Å². The van der Waals surface area contributed by atoms with Crippen LogP contribution in [0.5, 0.6) is 0 Å². The average molecular weight is 263 g/mol. The largest absolute Gasteiger partial charge is 0.398 e. The molecule has 0 heterocycles. The summed E-state index contributed by atoms with van der Waals surface area (Å²) in [7, 11) is 0. The normalized spacial score (nSPS) is 13.2. The Morgan fingerprint density at radius 1 is 1.16 bits per heavy atom. The summed E-state index contributed by atoms with van der Waals surface area (Å²) < 4.78 is 0. The van der Waals surface area contributed by atoms with Crippen molar-refractivity contribution in [2.75, 3.05) is 31.9 Å². The predicted molar refractivity (Wildman–Crippen MR) is 84.2 cm³/mol. The Morgan fingerprint density at radius 2 is 1.79 bits per heavy atom. The fraction of sp³-hybridized carbons (Fsp3) is 0.625. The molecule has 3 heteroatoms. The van der Waals surface area contributed by atoms with E-state index in [1.54, 1.807) is 0 Å². The number of hydrogen-bond donors (Lipinski definition) is 2. The first-order valence-electron chi connectivity index (χ1n) is 7.40. The van der Waals surface area contributed by atoms with E-state index in [2.05, 4.69) is 50.0 Å². The molecule has 0 bridgehead atoms. The van der Waals surface area contributed by atoms with Crippen LogP contribution >= 0.6 is 0 Å². The summed E-state index contributed by atoms with van der Waals surface area (Å²) in [6.45, 7) is 13.2. The monoisotopic (exact) mass is 263 g/mol. The van der Waals surface area contributed by atoms with Crippen molar-refractivity contribution in [2.24, 2.45) is 5.92 Å². The number of para-hydroxylation sites is 1. The maximum atomic E-state index is 6.09. The van der Waals surface area contributed by atoms with Gasteiger partial charge in [0.15, 0.2) is 0 Å². The maximum Gasteiger partial charge on any atom is 0.0364 e. The third-order valence-corrected chi connectivity index (χ3v) is 3.68.